The number of ether oxygens (including phenoxy) is 1. The molecule has 0 bridgehead atoms. The molecule has 0 spiro atoms. The number of amides is 1. The Bertz CT molecular complexity index is 551. The number of hydrogen-bond acceptors (Lipinski definition) is 3. The Kier molecular flexibility index (Phi) is 4.50. The van der Waals surface area contributed by atoms with Crippen LogP contribution in [-0.2, 0) is 4.79 Å². The lowest BCUT2D eigenvalue weighted by Gasteiger charge is -2.24. The van der Waals surface area contributed by atoms with Gasteiger partial charge in [-0.15, -0.1) is 0 Å². The summed E-state index contributed by atoms with van der Waals surface area (Å²) >= 11 is 0. The molecule has 0 aromatic heterocycles. The minimum atomic E-state index is -0.880. The summed E-state index contributed by atoms with van der Waals surface area (Å²) in [6, 6.07) is 5.50. The van der Waals surface area contributed by atoms with Crippen molar-refractivity contribution in [2.45, 2.75) is 32.7 Å². The molecule has 5 heteroatoms. The second-order valence-corrected chi connectivity index (χ2v) is 5.61. The molecule has 1 fully saturated rings. The van der Waals surface area contributed by atoms with Crippen molar-refractivity contribution >= 4 is 11.9 Å². The van der Waals surface area contributed by atoms with E-state index in [0.717, 1.165) is 18.4 Å². The van der Waals surface area contributed by atoms with Gasteiger partial charge in [0.2, 0.25) is 0 Å². The van der Waals surface area contributed by atoms with Crippen LogP contribution in [0.1, 0.15) is 35.7 Å². The van der Waals surface area contributed by atoms with Crippen LogP contribution >= 0.6 is 0 Å². The maximum Gasteiger partial charge on any atom is 0.308 e. The van der Waals surface area contributed by atoms with Crippen molar-refractivity contribution in [3.63, 3.8) is 0 Å². The summed E-state index contributed by atoms with van der Waals surface area (Å²) in [4.78, 5) is 25.3. The Labute approximate surface area is 124 Å². The molecule has 0 heterocycles. The topological polar surface area (TPSA) is 66.8 Å². The van der Waals surface area contributed by atoms with Gasteiger partial charge in [0.1, 0.15) is 5.75 Å². The molecule has 1 N–H and O–H groups in total. The predicted octanol–water partition coefficient (Wildman–Crippen LogP) is 2.33. The third kappa shape index (κ3) is 3.54. The van der Waals surface area contributed by atoms with Gasteiger partial charge in [-0.3, -0.25) is 9.59 Å². The van der Waals surface area contributed by atoms with Crippen LogP contribution in [0.15, 0.2) is 18.2 Å². The zero-order chi connectivity index (χ0) is 15.6. The van der Waals surface area contributed by atoms with Gasteiger partial charge in [0.05, 0.1) is 13.0 Å². The maximum absolute atomic E-state index is 12.6. The molecule has 1 aliphatic carbocycles. The van der Waals surface area contributed by atoms with Gasteiger partial charge in [0.15, 0.2) is 0 Å². The third-order valence-corrected chi connectivity index (χ3v) is 3.80. The average molecular weight is 291 g/mol. The zero-order valence-electron chi connectivity index (χ0n) is 12.6. The highest BCUT2D eigenvalue weighted by Gasteiger charge is 2.35. The number of methoxy groups -OCH3 is 1. The van der Waals surface area contributed by atoms with E-state index in [0.29, 0.717) is 11.3 Å². The first-order valence-electron chi connectivity index (χ1n) is 7.12. The van der Waals surface area contributed by atoms with Crippen LogP contribution in [0.5, 0.6) is 5.75 Å². The molecule has 114 valence electrons. The molecule has 0 aliphatic heterocycles. The molecular weight excluding hydrogens is 270 g/mol. The third-order valence-electron chi connectivity index (χ3n) is 3.80. The largest absolute Gasteiger partial charge is 0.496 e. The summed E-state index contributed by atoms with van der Waals surface area (Å²) in [6.45, 7) is 3.79. The summed E-state index contributed by atoms with van der Waals surface area (Å²) < 4.78 is 5.25. The first-order valence-corrected chi connectivity index (χ1v) is 7.12. The van der Waals surface area contributed by atoms with Gasteiger partial charge < -0.3 is 14.7 Å². The van der Waals surface area contributed by atoms with Crippen molar-refractivity contribution in [1.82, 2.24) is 4.90 Å². The molecule has 1 unspecified atom stereocenters. The maximum atomic E-state index is 12.6. The van der Waals surface area contributed by atoms with Crippen LogP contribution in [0.2, 0.25) is 0 Å². The molecule has 0 saturated heterocycles. The van der Waals surface area contributed by atoms with Crippen LogP contribution in [0, 0.1) is 12.8 Å². The number of rotatable bonds is 6. The fourth-order valence-corrected chi connectivity index (χ4v) is 2.28. The second kappa shape index (κ2) is 6.16. The highest BCUT2D eigenvalue weighted by Crippen LogP contribution is 2.30. The Morgan fingerprint density at radius 1 is 1.43 bits per heavy atom. The number of benzene rings is 1. The number of aliphatic carboxylic acids is 1. The van der Waals surface area contributed by atoms with Crippen LogP contribution in [-0.4, -0.2) is 41.6 Å². The molecule has 1 amide bonds. The lowest BCUT2D eigenvalue weighted by molar-refractivity contribution is -0.141. The molecule has 1 aromatic rings. The SMILES string of the molecule is COc1cc(C(=O)N(CC(C)C(=O)O)C2CC2)ccc1C. The van der Waals surface area contributed by atoms with Crippen LogP contribution in [0.4, 0.5) is 0 Å². The molecule has 1 aliphatic rings. The lowest BCUT2D eigenvalue weighted by atomic mass is 10.1. The Hall–Kier alpha value is -2.04. The molecule has 0 radical (unpaired) electrons. The minimum absolute atomic E-state index is 0.121. The van der Waals surface area contributed by atoms with E-state index >= 15 is 0 Å². The summed E-state index contributed by atoms with van der Waals surface area (Å²) in [5.41, 5.74) is 1.51. The van der Waals surface area contributed by atoms with Crippen molar-refractivity contribution in [3.05, 3.63) is 29.3 Å². The quantitative estimate of drug-likeness (QED) is 0.873. The molecule has 21 heavy (non-hydrogen) atoms. The van der Waals surface area contributed by atoms with Gasteiger partial charge >= 0.3 is 5.97 Å². The predicted molar refractivity (Wildman–Crippen MR) is 78.6 cm³/mol. The number of carboxylic acids is 1. The Balaban J connectivity index is 2.20. The van der Waals surface area contributed by atoms with Crippen molar-refractivity contribution in [3.8, 4) is 5.75 Å². The van der Waals surface area contributed by atoms with E-state index in [1.807, 2.05) is 13.0 Å². The van der Waals surface area contributed by atoms with Crippen molar-refractivity contribution in [2.75, 3.05) is 13.7 Å². The van der Waals surface area contributed by atoms with E-state index in [-0.39, 0.29) is 18.5 Å². The van der Waals surface area contributed by atoms with Crippen molar-refractivity contribution < 1.29 is 19.4 Å². The number of nitrogens with zero attached hydrogens (tertiary/aromatic N) is 1. The number of carbonyl (C=O) groups excluding carboxylic acids is 1. The minimum Gasteiger partial charge on any atom is -0.496 e. The van der Waals surface area contributed by atoms with Gasteiger partial charge in [0, 0.05) is 18.2 Å². The monoisotopic (exact) mass is 291 g/mol. The molecule has 1 aromatic carbocycles. The highest BCUT2D eigenvalue weighted by atomic mass is 16.5. The standard InChI is InChI=1S/C16H21NO4/c1-10-4-5-12(8-14(10)21-3)15(18)17(13-6-7-13)9-11(2)16(19)20/h4-5,8,11,13H,6-7,9H2,1-3H3,(H,19,20). The number of carboxylic acid groups (broad SMARTS) is 1. The molecule has 1 saturated carbocycles. The summed E-state index contributed by atoms with van der Waals surface area (Å²) in [5, 5.41) is 9.05. The van der Waals surface area contributed by atoms with Gasteiger partial charge in [-0.25, -0.2) is 0 Å². The van der Waals surface area contributed by atoms with E-state index in [2.05, 4.69) is 0 Å². The molecule has 2 rings (SSSR count). The van der Waals surface area contributed by atoms with E-state index in [1.165, 1.54) is 0 Å². The summed E-state index contributed by atoms with van der Waals surface area (Å²) in [6.07, 6.45) is 1.89. The molecular formula is C16H21NO4. The lowest BCUT2D eigenvalue weighted by Crippen LogP contribution is -2.38. The van der Waals surface area contributed by atoms with Crippen LogP contribution < -0.4 is 4.74 Å². The Morgan fingerprint density at radius 3 is 2.62 bits per heavy atom. The van der Waals surface area contributed by atoms with Gasteiger partial charge in [0.25, 0.3) is 5.91 Å². The summed E-state index contributed by atoms with van der Waals surface area (Å²) in [7, 11) is 1.57. The first kappa shape index (κ1) is 15.4. The molecule has 1 atom stereocenters. The van der Waals surface area contributed by atoms with Gasteiger partial charge in [-0.1, -0.05) is 13.0 Å². The van der Waals surface area contributed by atoms with Crippen LogP contribution in [0.25, 0.3) is 0 Å². The fourth-order valence-electron chi connectivity index (χ4n) is 2.28. The van der Waals surface area contributed by atoms with E-state index in [1.54, 1.807) is 31.1 Å². The molecule has 5 nitrogen and oxygen atoms in total. The Morgan fingerprint density at radius 2 is 2.10 bits per heavy atom. The van der Waals surface area contributed by atoms with Gasteiger partial charge in [-0.05, 0) is 37.5 Å². The fraction of sp³-hybridized carbons (Fsp3) is 0.500. The van der Waals surface area contributed by atoms with Crippen LogP contribution in [0.3, 0.4) is 0 Å². The zero-order valence-corrected chi connectivity index (χ0v) is 12.6. The average Bonchev–Trinajstić information content (AvgIpc) is 3.28. The van der Waals surface area contributed by atoms with Gasteiger partial charge in [-0.2, -0.15) is 0 Å². The van der Waals surface area contributed by atoms with E-state index < -0.39 is 11.9 Å². The number of carbonyl (C=O) groups is 2. The highest BCUT2D eigenvalue weighted by molar-refractivity contribution is 5.95. The normalized spacial score (nSPS) is 15.4. The van der Waals surface area contributed by atoms with Crippen molar-refractivity contribution in [2.24, 2.45) is 5.92 Å². The van der Waals surface area contributed by atoms with Crippen molar-refractivity contribution in [1.29, 1.82) is 0 Å². The summed E-state index contributed by atoms with van der Waals surface area (Å²) in [5.74, 6) is -0.899. The number of hydrogen-bond donors (Lipinski definition) is 1. The smallest absolute Gasteiger partial charge is 0.308 e. The van der Waals surface area contributed by atoms with E-state index in [4.69, 9.17) is 9.84 Å². The second-order valence-electron chi connectivity index (χ2n) is 5.61. The number of aryl methyl sites for hydroxylation is 1. The first-order chi connectivity index (χ1) is 9.93. The van der Waals surface area contributed by atoms with E-state index in [9.17, 15) is 9.59 Å².